The van der Waals surface area contributed by atoms with Crippen LogP contribution in [0.2, 0.25) is 0 Å². The van der Waals surface area contributed by atoms with Gasteiger partial charge >= 0.3 is 0 Å². The fourth-order valence-electron chi connectivity index (χ4n) is 2.23. The Morgan fingerprint density at radius 3 is 2.79 bits per heavy atom. The zero-order valence-corrected chi connectivity index (χ0v) is 13.4. The maximum Gasteiger partial charge on any atom is 0.252 e. The van der Waals surface area contributed by atoms with Crippen molar-refractivity contribution >= 4 is 5.91 Å². The summed E-state index contributed by atoms with van der Waals surface area (Å²) in [6.45, 7) is 3.42. The van der Waals surface area contributed by atoms with Crippen molar-refractivity contribution in [3.8, 4) is 5.82 Å². The van der Waals surface area contributed by atoms with Gasteiger partial charge in [-0.25, -0.2) is 9.97 Å². The maximum atomic E-state index is 12.2. The molecule has 0 spiro atoms. The molecule has 24 heavy (non-hydrogen) atoms. The molecule has 7 heteroatoms. The van der Waals surface area contributed by atoms with Crippen LogP contribution >= 0.6 is 0 Å². The molecular weight excluding hydrogens is 308 g/mol. The second-order valence-electron chi connectivity index (χ2n) is 5.74. The molecular formula is C17H18N4O3. The third kappa shape index (κ3) is 3.36. The molecule has 3 rings (SSSR count). The van der Waals surface area contributed by atoms with Crippen molar-refractivity contribution in [2.45, 2.75) is 19.4 Å². The number of hydrogen-bond acceptors (Lipinski definition) is 5. The first-order valence-corrected chi connectivity index (χ1v) is 7.47. The molecule has 0 saturated heterocycles. The van der Waals surface area contributed by atoms with E-state index >= 15 is 0 Å². The quantitative estimate of drug-likeness (QED) is 0.746. The maximum absolute atomic E-state index is 12.2. The molecule has 0 fully saturated rings. The standard InChI is InChI=1S/C17H18N4O3/c1-12-3-5-14(24-12)17(2,23)10-20-16(22)13-4-6-15(19-9-13)21-8-7-18-11-21/h3-9,11,23H,10H2,1-2H3,(H,20,22). The van der Waals surface area contributed by atoms with Gasteiger partial charge in [0, 0.05) is 18.6 Å². The van der Waals surface area contributed by atoms with Gasteiger partial charge in [0.2, 0.25) is 0 Å². The summed E-state index contributed by atoms with van der Waals surface area (Å²) in [5.74, 6) is 1.47. The van der Waals surface area contributed by atoms with E-state index in [9.17, 15) is 9.90 Å². The number of carbonyl (C=O) groups excluding carboxylic acids is 1. The number of rotatable bonds is 5. The smallest absolute Gasteiger partial charge is 0.252 e. The molecule has 2 N–H and O–H groups in total. The number of aryl methyl sites for hydroxylation is 1. The molecule has 3 aromatic rings. The fraction of sp³-hybridized carbons (Fsp3) is 0.235. The van der Waals surface area contributed by atoms with Crippen molar-refractivity contribution < 1.29 is 14.3 Å². The predicted octanol–water partition coefficient (Wildman–Crippen LogP) is 1.81. The van der Waals surface area contributed by atoms with Crippen molar-refractivity contribution in [2.24, 2.45) is 0 Å². The van der Waals surface area contributed by atoms with E-state index in [1.54, 1.807) is 61.4 Å². The Kier molecular flexibility index (Phi) is 4.18. The van der Waals surface area contributed by atoms with Gasteiger partial charge in [-0.1, -0.05) is 0 Å². The number of carbonyl (C=O) groups is 1. The first-order chi connectivity index (χ1) is 11.5. The highest BCUT2D eigenvalue weighted by Gasteiger charge is 2.27. The van der Waals surface area contributed by atoms with Crippen LogP contribution in [0.15, 0.2) is 53.6 Å². The molecule has 0 saturated carbocycles. The second-order valence-corrected chi connectivity index (χ2v) is 5.74. The van der Waals surface area contributed by atoms with E-state index in [1.165, 1.54) is 6.20 Å². The number of nitrogens with zero attached hydrogens (tertiary/aromatic N) is 3. The van der Waals surface area contributed by atoms with Crippen LogP contribution in [-0.2, 0) is 5.60 Å². The zero-order valence-electron chi connectivity index (χ0n) is 13.4. The van der Waals surface area contributed by atoms with Gasteiger partial charge in [-0.15, -0.1) is 0 Å². The fourth-order valence-corrected chi connectivity index (χ4v) is 2.23. The average Bonchev–Trinajstić information content (AvgIpc) is 3.24. The van der Waals surface area contributed by atoms with Gasteiger partial charge < -0.3 is 14.8 Å². The number of imidazole rings is 1. The molecule has 1 unspecified atom stereocenters. The molecule has 0 aromatic carbocycles. The molecule has 0 bridgehead atoms. The summed E-state index contributed by atoms with van der Waals surface area (Å²) in [6.07, 6.45) is 6.53. The lowest BCUT2D eigenvalue weighted by Gasteiger charge is -2.21. The largest absolute Gasteiger partial charge is 0.463 e. The van der Waals surface area contributed by atoms with Crippen LogP contribution in [0.25, 0.3) is 5.82 Å². The van der Waals surface area contributed by atoms with Crippen molar-refractivity contribution in [1.82, 2.24) is 19.9 Å². The van der Waals surface area contributed by atoms with E-state index in [4.69, 9.17) is 4.42 Å². The summed E-state index contributed by atoms with van der Waals surface area (Å²) in [5.41, 5.74) is -0.876. The van der Waals surface area contributed by atoms with Crippen molar-refractivity contribution in [1.29, 1.82) is 0 Å². The lowest BCUT2D eigenvalue weighted by atomic mass is 10.0. The number of aromatic nitrogens is 3. The van der Waals surface area contributed by atoms with Gasteiger partial charge in [-0.2, -0.15) is 0 Å². The number of furan rings is 1. The summed E-state index contributed by atoms with van der Waals surface area (Å²) in [5, 5.41) is 13.1. The molecule has 3 heterocycles. The molecule has 124 valence electrons. The van der Waals surface area contributed by atoms with E-state index in [0.717, 1.165) is 0 Å². The minimum absolute atomic E-state index is 0.0298. The van der Waals surface area contributed by atoms with Gasteiger partial charge in [0.1, 0.15) is 29.3 Å². The summed E-state index contributed by atoms with van der Waals surface area (Å²) >= 11 is 0. The summed E-state index contributed by atoms with van der Waals surface area (Å²) < 4.78 is 7.16. The molecule has 0 aliphatic rings. The highest BCUT2D eigenvalue weighted by molar-refractivity contribution is 5.94. The number of hydrogen-bond donors (Lipinski definition) is 2. The number of amides is 1. The Balaban J connectivity index is 1.64. The lowest BCUT2D eigenvalue weighted by molar-refractivity contribution is 0.0323. The summed E-state index contributed by atoms with van der Waals surface area (Å²) in [7, 11) is 0. The Hall–Kier alpha value is -2.93. The van der Waals surface area contributed by atoms with Gasteiger partial charge in [-0.05, 0) is 38.1 Å². The minimum atomic E-state index is -1.28. The van der Waals surface area contributed by atoms with E-state index < -0.39 is 5.60 Å². The van der Waals surface area contributed by atoms with Gasteiger partial charge in [-0.3, -0.25) is 9.36 Å². The van der Waals surface area contributed by atoms with E-state index in [0.29, 0.717) is 22.9 Å². The third-order valence-electron chi connectivity index (χ3n) is 3.64. The molecule has 0 radical (unpaired) electrons. The number of pyridine rings is 1. The summed E-state index contributed by atoms with van der Waals surface area (Å²) in [4.78, 5) is 20.4. The zero-order chi connectivity index (χ0) is 17.2. The van der Waals surface area contributed by atoms with Gasteiger partial charge in [0.25, 0.3) is 5.91 Å². The van der Waals surface area contributed by atoms with E-state index in [1.807, 2.05) is 0 Å². The van der Waals surface area contributed by atoms with Crippen molar-refractivity contribution in [2.75, 3.05) is 6.54 Å². The van der Waals surface area contributed by atoms with Crippen LogP contribution < -0.4 is 5.32 Å². The predicted molar refractivity (Wildman–Crippen MR) is 86.7 cm³/mol. The SMILES string of the molecule is Cc1ccc(C(C)(O)CNC(=O)c2ccc(-n3ccnc3)nc2)o1. The van der Waals surface area contributed by atoms with Crippen LogP contribution in [0.5, 0.6) is 0 Å². The molecule has 3 aromatic heterocycles. The topological polar surface area (TPSA) is 93.2 Å². The Bertz CT molecular complexity index is 820. The monoisotopic (exact) mass is 326 g/mol. The Labute approximate surface area is 139 Å². The highest BCUT2D eigenvalue weighted by Crippen LogP contribution is 2.22. The Morgan fingerprint density at radius 2 is 2.21 bits per heavy atom. The van der Waals surface area contributed by atoms with E-state index in [2.05, 4.69) is 15.3 Å². The van der Waals surface area contributed by atoms with Crippen molar-refractivity contribution in [3.05, 3.63) is 66.3 Å². The summed E-state index contributed by atoms with van der Waals surface area (Å²) in [6, 6.07) is 6.86. The first-order valence-electron chi connectivity index (χ1n) is 7.47. The molecule has 1 amide bonds. The lowest BCUT2D eigenvalue weighted by Crippen LogP contribution is -2.38. The van der Waals surface area contributed by atoms with Gasteiger partial charge in [0.05, 0.1) is 12.1 Å². The van der Waals surface area contributed by atoms with Crippen LogP contribution in [0.1, 0.15) is 28.8 Å². The molecule has 0 aliphatic heterocycles. The molecule has 7 nitrogen and oxygen atoms in total. The highest BCUT2D eigenvalue weighted by atomic mass is 16.4. The Morgan fingerprint density at radius 1 is 1.38 bits per heavy atom. The average molecular weight is 326 g/mol. The van der Waals surface area contributed by atoms with Crippen LogP contribution in [0, 0.1) is 6.92 Å². The van der Waals surface area contributed by atoms with Gasteiger partial charge in [0.15, 0.2) is 0 Å². The van der Waals surface area contributed by atoms with Crippen LogP contribution in [0.4, 0.5) is 0 Å². The first kappa shape index (κ1) is 15.9. The number of aliphatic hydroxyl groups is 1. The normalized spacial score (nSPS) is 13.5. The minimum Gasteiger partial charge on any atom is -0.463 e. The second kappa shape index (κ2) is 6.29. The van der Waals surface area contributed by atoms with E-state index in [-0.39, 0.29) is 12.5 Å². The number of nitrogens with one attached hydrogen (secondary N) is 1. The van der Waals surface area contributed by atoms with Crippen LogP contribution in [0.3, 0.4) is 0 Å². The van der Waals surface area contributed by atoms with Crippen molar-refractivity contribution in [3.63, 3.8) is 0 Å². The third-order valence-corrected chi connectivity index (χ3v) is 3.64. The molecule has 1 atom stereocenters. The molecule has 0 aliphatic carbocycles. The van der Waals surface area contributed by atoms with Crippen LogP contribution in [-0.4, -0.2) is 32.1 Å².